The van der Waals surface area contributed by atoms with Crippen LogP contribution in [0.4, 0.5) is 11.6 Å². The van der Waals surface area contributed by atoms with Gasteiger partial charge in [-0.1, -0.05) is 6.92 Å². The molecule has 0 saturated carbocycles. The quantitative estimate of drug-likeness (QED) is 0.819. The second-order valence-corrected chi connectivity index (χ2v) is 4.86. The Morgan fingerprint density at radius 3 is 3.00 bits per heavy atom. The molecule has 1 aromatic heterocycles. The minimum atomic E-state index is 0.349. The van der Waals surface area contributed by atoms with Crippen molar-refractivity contribution >= 4 is 11.6 Å². The Labute approximate surface area is 115 Å². The Hall–Kier alpha value is -1.36. The molecule has 2 heterocycles. The van der Waals surface area contributed by atoms with E-state index in [2.05, 4.69) is 34.0 Å². The van der Waals surface area contributed by atoms with E-state index in [1.54, 1.807) is 6.33 Å². The maximum atomic E-state index is 5.70. The van der Waals surface area contributed by atoms with Crippen LogP contribution in [0.5, 0.6) is 0 Å². The van der Waals surface area contributed by atoms with Crippen molar-refractivity contribution in [3.8, 4) is 0 Å². The number of hydrogen-bond acceptors (Lipinski definition) is 5. The first-order valence-electron chi connectivity index (χ1n) is 7.26. The highest BCUT2D eigenvalue weighted by Gasteiger charge is 2.19. The largest absolute Gasteiger partial charge is 0.376 e. The van der Waals surface area contributed by atoms with Crippen LogP contribution in [0.3, 0.4) is 0 Å². The second-order valence-electron chi connectivity index (χ2n) is 4.86. The van der Waals surface area contributed by atoms with Gasteiger partial charge in [0.15, 0.2) is 0 Å². The van der Waals surface area contributed by atoms with Crippen molar-refractivity contribution in [2.24, 2.45) is 0 Å². The average Bonchev–Trinajstić information content (AvgIpc) is 2.96. The first-order chi connectivity index (χ1) is 9.33. The van der Waals surface area contributed by atoms with Gasteiger partial charge in [0.2, 0.25) is 0 Å². The summed E-state index contributed by atoms with van der Waals surface area (Å²) in [6.07, 6.45) is 5.40. The van der Waals surface area contributed by atoms with Crippen LogP contribution >= 0.6 is 0 Å². The van der Waals surface area contributed by atoms with E-state index in [1.807, 2.05) is 6.07 Å². The SMILES string of the molecule is CCCNc1cc(N(CC)CC2CCCO2)ncn1. The molecular weight excluding hydrogens is 240 g/mol. The molecule has 1 aliphatic rings. The van der Waals surface area contributed by atoms with Gasteiger partial charge in [0.05, 0.1) is 6.10 Å². The van der Waals surface area contributed by atoms with Crippen molar-refractivity contribution < 1.29 is 4.74 Å². The van der Waals surface area contributed by atoms with Gasteiger partial charge in [0.1, 0.15) is 18.0 Å². The summed E-state index contributed by atoms with van der Waals surface area (Å²) in [4.78, 5) is 10.9. The molecule has 1 N–H and O–H groups in total. The Kier molecular flexibility index (Phi) is 5.39. The third kappa shape index (κ3) is 4.06. The number of nitrogens with zero attached hydrogens (tertiary/aromatic N) is 3. The van der Waals surface area contributed by atoms with Gasteiger partial charge in [-0.25, -0.2) is 9.97 Å². The molecule has 1 saturated heterocycles. The van der Waals surface area contributed by atoms with Gasteiger partial charge in [-0.2, -0.15) is 0 Å². The van der Waals surface area contributed by atoms with E-state index in [9.17, 15) is 0 Å². The van der Waals surface area contributed by atoms with Gasteiger partial charge in [-0.3, -0.25) is 0 Å². The zero-order valence-corrected chi connectivity index (χ0v) is 11.9. The standard InChI is InChI=1S/C14H24N4O/c1-3-7-15-13-9-14(17-11-16-13)18(4-2)10-12-6-5-8-19-12/h9,11-12H,3-8,10H2,1-2H3,(H,15,16,17). The van der Waals surface area contributed by atoms with Crippen molar-refractivity contribution in [2.45, 2.75) is 39.2 Å². The summed E-state index contributed by atoms with van der Waals surface area (Å²) in [5, 5.41) is 3.30. The number of anilines is 2. The predicted octanol–water partition coefficient (Wildman–Crippen LogP) is 2.30. The molecule has 0 aromatic carbocycles. The maximum absolute atomic E-state index is 5.70. The molecule has 5 nitrogen and oxygen atoms in total. The van der Waals surface area contributed by atoms with Crippen LogP contribution in [0, 0.1) is 0 Å². The fourth-order valence-corrected chi connectivity index (χ4v) is 2.29. The fraction of sp³-hybridized carbons (Fsp3) is 0.714. The fourth-order valence-electron chi connectivity index (χ4n) is 2.29. The average molecular weight is 264 g/mol. The molecule has 0 aliphatic carbocycles. The van der Waals surface area contributed by atoms with E-state index in [0.717, 1.165) is 50.7 Å². The third-order valence-corrected chi connectivity index (χ3v) is 3.36. The van der Waals surface area contributed by atoms with E-state index in [0.29, 0.717) is 6.10 Å². The van der Waals surface area contributed by atoms with E-state index in [1.165, 1.54) is 6.42 Å². The molecule has 106 valence electrons. The third-order valence-electron chi connectivity index (χ3n) is 3.36. The summed E-state index contributed by atoms with van der Waals surface area (Å²) < 4.78 is 5.70. The first-order valence-corrected chi connectivity index (χ1v) is 7.26. The van der Waals surface area contributed by atoms with Gasteiger partial charge < -0.3 is 15.0 Å². The highest BCUT2D eigenvalue weighted by molar-refractivity contribution is 5.48. The van der Waals surface area contributed by atoms with Crippen molar-refractivity contribution in [3.63, 3.8) is 0 Å². The van der Waals surface area contributed by atoms with E-state index in [-0.39, 0.29) is 0 Å². The summed E-state index contributed by atoms with van der Waals surface area (Å²) in [5.41, 5.74) is 0. The number of nitrogens with one attached hydrogen (secondary N) is 1. The topological polar surface area (TPSA) is 50.3 Å². The van der Waals surface area contributed by atoms with E-state index < -0.39 is 0 Å². The molecule has 19 heavy (non-hydrogen) atoms. The molecule has 1 unspecified atom stereocenters. The summed E-state index contributed by atoms with van der Waals surface area (Å²) in [6.45, 7) is 7.98. The van der Waals surface area contributed by atoms with Crippen molar-refractivity contribution in [3.05, 3.63) is 12.4 Å². The Morgan fingerprint density at radius 2 is 2.32 bits per heavy atom. The highest BCUT2D eigenvalue weighted by Crippen LogP contribution is 2.18. The Morgan fingerprint density at radius 1 is 1.42 bits per heavy atom. The predicted molar refractivity (Wildman–Crippen MR) is 77.7 cm³/mol. The van der Waals surface area contributed by atoms with E-state index in [4.69, 9.17) is 4.74 Å². The normalized spacial score (nSPS) is 18.5. The lowest BCUT2D eigenvalue weighted by molar-refractivity contribution is 0.115. The molecule has 1 atom stereocenters. The number of aromatic nitrogens is 2. The van der Waals surface area contributed by atoms with Crippen LogP contribution in [0.15, 0.2) is 12.4 Å². The molecule has 0 amide bonds. The molecule has 1 aliphatic heterocycles. The highest BCUT2D eigenvalue weighted by atomic mass is 16.5. The molecule has 5 heteroatoms. The molecule has 0 bridgehead atoms. The van der Waals surface area contributed by atoms with Crippen LogP contribution in [0.2, 0.25) is 0 Å². The lowest BCUT2D eigenvalue weighted by Gasteiger charge is -2.25. The minimum absolute atomic E-state index is 0.349. The Balaban J connectivity index is 2.00. The summed E-state index contributed by atoms with van der Waals surface area (Å²) in [5.74, 6) is 1.88. The minimum Gasteiger partial charge on any atom is -0.376 e. The monoisotopic (exact) mass is 264 g/mol. The van der Waals surface area contributed by atoms with Crippen LogP contribution in [-0.2, 0) is 4.74 Å². The second kappa shape index (κ2) is 7.28. The molecule has 0 radical (unpaired) electrons. The van der Waals surface area contributed by atoms with Gasteiger partial charge in [0.25, 0.3) is 0 Å². The lowest BCUT2D eigenvalue weighted by Crippen LogP contribution is -2.32. The van der Waals surface area contributed by atoms with Crippen molar-refractivity contribution in [1.82, 2.24) is 9.97 Å². The summed E-state index contributed by atoms with van der Waals surface area (Å²) >= 11 is 0. The van der Waals surface area contributed by atoms with Gasteiger partial charge in [0, 0.05) is 32.3 Å². The molecule has 0 spiro atoms. The number of hydrogen-bond donors (Lipinski definition) is 1. The molecule has 1 fully saturated rings. The lowest BCUT2D eigenvalue weighted by atomic mass is 10.2. The van der Waals surface area contributed by atoms with Gasteiger partial charge in [-0.05, 0) is 26.2 Å². The van der Waals surface area contributed by atoms with Crippen LogP contribution in [0.25, 0.3) is 0 Å². The van der Waals surface area contributed by atoms with Crippen molar-refractivity contribution in [1.29, 1.82) is 0 Å². The first kappa shape index (κ1) is 14.1. The van der Waals surface area contributed by atoms with Gasteiger partial charge in [-0.15, -0.1) is 0 Å². The zero-order chi connectivity index (χ0) is 13.5. The Bertz CT molecular complexity index is 379. The summed E-state index contributed by atoms with van der Waals surface area (Å²) in [7, 11) is 0. The number of rotatable bonds is 7. The molecular formula is C14H24N4O. The maximum Gasteiger partial charge on any atom is 0.134 e. The molecule has 2 rings (SSSR count). The smallest absolute Gasteiger partial charge is 0.134 e. The zero-order valence-electron chi connectivity index (χ0n) is 11.9. The van der Waals surface area contributed by atoms with Crippen LogP contribution in [-0.4, -0.2) is 42.3 Å². The van der Waals surface area contributed by atoms with Crippen LogP contribution in [0.1, 0.15) is 33.1 Å². The number of likely N-dealkylation sites (N-methyl/N-ethyl adjacent to an activating group) is 1. The van der Waals surface area contributed by atoms with Crippen molar-refractivity contribution in [2.75, 3.05) is 36.5 Å². The van der Waals surface area contributed by atoms with Crippen LogP contribution < -0.4 is 10.2 Å². The summed E-state index contributed by atoms with van der Waals surface area (Å²) in [6, 6.07) is 2.02. The number of ether oxygens (including phenoxy) is 1. The van der Waals surface area contributed by atoms with E-state index >= 15 is 0 Å². The van der Waals surface area contributed by atoms with Gasteiger partial charge >= 0.3 is 0 Å². The molecule has 1 aromatic rings.